The number of imide groups is 1. The average Bonchev–Trinajstić information content (AvgIpc) is 3.46. The number of guanidine groups is 1. The molecule has 0 aromatic heterocycles. The van der Waals surface area contributed by atoms with E-state index >= 15 is 0 Å². The molecule has 2 fully saturated rings. The lowest BCUT2D eigenvalue weighted by Gasteiger charge is -2.17. The van der Waals surface area contributed by atoms with Crippen LogP contribution in [0.25, 0.3) is 0 Å². The highest BCUT2D eigenvalue weighted by atomic mass is 16.5. The second-order valence-electron chi connectivity index (χ2n) is 8.41. The summed E-state index contributed by atoms with van der Waals surface area (Å²) in [4.78, 5) is 31.5. The van der Waals surface area contributed by atoms with Crippen molar-refractivity contribution in [2.75, 3.05) is 32.8 Å². The number of nitrogens with zero attached hydrogens (tertiary/aromatic N) is 2. The molecule has 1 heterocycles. The molecular formula is C24H32N4O3. The number of fused-ring (bicyclic) bond motifs is 5. The molecule has 31 heavy (non-hydrogen) atoms. The van der Waals surface area contributed by atoms with Gasteiger partial charge in [-0.05, 0) is 37.2 Å². The van der Waals surface area contributed by atoms with Crippen LogP contribution in [-0.4, -0.2) is 55.5 Å². The molecule has 0 radical (unpaired) electrons. The van der Waals surface area contributed by atoms with E-state index in [1.165, 1.54) is 4.90 Å². The van der Waals surface area contributed by atoms with Gasteiger partial charge in [0.25, 0.3) is 0 Å². The average molecular weight is 425 g/mol. The Kier molecular flexibility index (Phi) is 7.02. The molecule has 1 saturated heterocycles. The minimum atomic E-state index is -0.110. The van der Waals surface area contributed by atoms with Crippen LogP contribution in [0, 0.1) is 23.7 Å². The highest BCUT2D eigenvalue weighted by Gasteiger charge is 2.58. The lowest BCUT2D eigenvalue weighted by Crippen LogP contribution is -2.39. The van der Waals surface area contributed by atoms with Gasteiger partial charge in [-0.1, -0.05) is 42.5 Å². The van der Waals surface area contributed by atoms with E-state index < -0.39 is 0 Å². The van der Waals surface area contributed by atoms with Crippen molar-refractivity contribution in [1.29, 1.82) is 0 Å². The first kappa shape index (κ1) is 21.6. The second kappa shape index (κ2) is 10.1. The van der Waals surface area contributed by atoms with Crippen LogP contribution in [-0.2, 0) is 20.9 Å². The van der Waals surface area contributed by atoms with Gasteiger partial charge in [-0.3, -0.25) is 19.5 Å². The molecule has 7 nitrogen and oxygen atoms in total. The number of amides is 2. The number of nitrogens with one attached hydrogen (secondary N) is 2. The van der Waals surface area contributed by atoms with Crippen LogP contribution >= 0.6 is 0 Å². The minimum Gasteiger partial charge on any atom is -0.375 e. The monoisotopic (exact) mass is 424 g/mol. The number of aliphatic imine (C=N–C) groups is 1. The topological polar surface area (TPSA) is 83.0 Å². The van der Waals surface area contributed by atoms with E-state index in [0.717, 1.165) is 24.5 Å². The van der Waals surface area contributed by atoms with E-state index in [0.29, 0.717) is 39.3 Å². The number of allylic oxidation sites excluding steroid dienone is 2. The van der Waals surface area contributed by atoms with Crippen LogP contribution in [0.5, 0.6) is 0 Å². The molecule has 7 heteroatoms. The summed E-state index contributed by atoms with van der Waals surface area (Å²) < 4.78 is 5.69. The summed E-state index contributed by atoms with van der Waals surface area (Å²) in [7, 11) is 0. The molecule has 3 aliphatic rings. The van der Waals surface area contributed by atoms with E-state index in [1.54, 1.807) is 0 Å². The Morgan fingerprint density at radius 2 is 1.81 bits per heavy atom. The van der Waals surface area contributed by atoms with Gasteiger partial charge >= 0.3 is 0 Å². The molecule has 2 N–H and O–H groups in total. The predicted molar refractivity (Wildman–Crippen MR) is 119 cm³/mol. The first-order chi connectivity index (χ1) is 15.2. The van der Waals surface area contributed by atoms with Crippen molar-refractivity contribution in [3.63, 3.8) is 0 Å². The van der Waals surface area contributed by atoms with Gasteiger partial charge in [0, 0.05) is 26.2 Å². The molecule has 1 saturated carbocycles. The molecule has 1 aliphatic heterocycles. The SMILES string of the molecule is CCNC(=NCCCN1C(=O)C2C3C=CC(C3)C2C1=O)NCCOCc1ccccc1. The lowest BCUT2D eigenvalue weighted by atomic mass is 9.85. The maximum atomic E-state index is 12.7. The quantitative estimate of drug-likeness (QED) is 0.197. The van der Waals surface area contributed by atoms with Crippen molar-refractivity contribution in [1.82, 2.24) is 15.5 Å². The zero-order chi connectivity index (χ0) is 21.6. The Morgan fingerprint density at radius 1 is 1.10 bits per heavy atom. The van der Waals surface area contributed by atoms with Gasteiger partial charge in [-0.2, -0.15) is 0 Å². The summed E-state index contributed by atoms with van der Waals surface area (Å²) in [5.41, 5.74) is 1.15. The number of carbonyl (C=O) groups excluding carboxylic acids is 2. The Bertz CT molecular complexity index is 808. The summed E-state index contributed by atoms with van der Waals surface area (Å²) in [6.07, 6.45) is 5.89. The fourth-order valence-electron chi connectivity index (χ4n) is 4.95. The van der Waals surface area contributed by atoms with Gasteiger partial charge in [-0.15, -0.1) is 0 Å². The van der Waals surface area contributed by atoms with Gasteiger partial charge in [0.2, 0.25) is 11.8 Å². The molecule has 4 rings (SSSR count). The van der Waals surface area contributed by atoms with Gasteiger partial charge in [0.15, 0.2) is 5.96 Å². The van der Waals surface area contributed by atoms with Gasteiger partial charge < -0.3 is 15.4 Å². The largest absolute Gasteiger partial charge is 0.375 e. The number of rotatable bonds is 10. The first-order valence-electron chi connectivity index (χ1n) is 11.4. The molecule has 2 amide bonds. The molecule has 2 bridgehead atoms. The second-order valence-corrected chi connectivity index (χ2v) is 8.41. The molecule has 0 spiro atoms. The molecule has 166 valence electrons. The number of likely N-dealkylation sites (tertiary alicyclic amines) is 1. The predicted octanol–water partition coefficient (Wildman–Crippen LogP) is 1.96. The normalized spacial score (nSPS) is 26.6. The molecule has 4 unspecified atom stereocenters. The first-order valence-corrected chi connectivity index (χ1v) is 11.4. The third kappa shape index (κ3) is 4.82. The zero-order valence-corrected chi connectivity index (χ0v) is 18.1. The number of benzene rings is 1. The van der Waals surface area contributed by atoms with E-state index in [-0.39, 0.29) is 35.5 Å². The van der Waals surface area contributed by atoms with Crippen molar-refractivity contribution in [2.45, 2.75) is 26.4 Å². The van der Waals surface area contributed by atoms with Crippen LogP contribution in [0.2, 0.25) is 0 Å². The maximum Gasteiger partial charge on any atom is 0.233 e. The van der Waals surface area contributed by atoms with Gasteiger partial charge in [-0.25, -0.2) is 0 Å². The number of ether oxygens (including phenoxy) is 1. The van der Waals surface area contributed by atoms with E-state index in [1.807, 2.05) is 37.3 Å². The summed E-state index contributed by atoms with van der Waals surface area (Å²) in [5.74, 6) is 1.09. The van der Waals surface area contributed by atoms with Crippen molar-refractivity contribution in [3.8, 4) is 0 Å². The lowest BCUT2D eigenvalue weighted by molar-refractivity contribution is -0.140. The van der Waals surface area contributed by atoms with E-state index in [9.17, 15) is 9.59 Å². The Labute approximate surface area is 183 Å². The summed E-state index contributed by atoms with van der Waals surface area (Å²) >= 11 is 0. The van der Waals surface area contributed by atoms with Crippen LogP contribution in [0.1, 0.15) is 25.3 Å². The summed E-state index contributed by atoms with van der Waals surface area (Å²) in [5, 5.41) is 6.48. The fraction of sp³-hybridized carbons (Fsp3) is 0.542. The van der Waals surface area contributed by atoms with E-state index in [2.05, 4.69) is 27.8 Å². The number of hydrogen-bond donors (Lipinski definition) is 2. The Balaban J connectivity index is 1.17. The number of carbonyl (C=O) groups is 2. The number of hydrogen-bond acceptors (Lipinski definition) is 4. The minimum absolute atomic E-state index is 0.0245. The molecule has 4 atom stereocenters. The van der Waals surface area contributed by atoms with Crippen LogP contribution in [0.4, 0.5) is 0 Å². The molecule has 1 aromatic carbocycles. The van der Waals surface area contributed by atoms with Crippen molar-refractivity contribution in [2.24, 2.45) is 28.7 Å². The maximum absolute atomic E-state index is 12.7. The Hall–Kier alpha value is -2.67. The highest BCUT2D eigenvalue weighted by molar-refractivity contribution is 6.06. The van der Waals surface area contributed by atoms with Crippen LogP contribution < -0.4 is 10.6 Å². The third-order valence-corrected chi connectivity index (χ3v) is 6.37. The standard InChI is InChI=1S/C24H32N4O3/c1-2-25-24(27-12-14-31-16-17-7-4-3-5-8-17)26-11-6-13-28-22(29)20-18-9-10-19(15-18)21(20)23(28)30/h3-5,7-10,18-21H,2,6,11-16H2,1H3,(H2,25,26,27). The Morgan fingerprint density at radius 3 is 2.48 bits per heavy atom. The highest BCUT2D eigenvalue weighted by Crippen LogP contribution is 2.52. The van der Waals surface area contributed by atoms with Gasteiger partial charge in [0.1, 0.15) is 0 Å². The molecule has 1 aromatic rings. The smallest absolute Gasteiger partial charge is 0.233 e. The van der Waals surface area contributed by atoms with E-state index in [4.69, 9.17) is 4.74 Å². The van der Waals surface area contributed by atoms with Crippen LogP contribution in [0.3, 0.4) is 0 Å². The zero-order valence-electron chi connectivity index (χ0n) is 18.1. The van der Waals surface area contributed by atoms with Crippen molar-refractivity contribution >= 4 is 17.8 Å². The van der Waals surface area contributed by atoms with Gasteiger partial charge in [0.05, 0.1) is 25.0 Å². The van der Waals surface area contributed by atoms with Crippen molar-refractivity contribution in [3.05, 3.63) is 48.0 Å². The summed E-state index contributed by atoms with van der Waals surface area (Å²) in [6.45, 7) is 5.61. The summed E-state index contributed by atoms with van der Waals surface area (Å²) in [6, 6.07) is 10.1. The molecular weight excluding hydrogens is 392 g/mol. The van der Waals surface area contributed by atoms with Crippen LogP contribution in [0.15, 0.2) is 47.5 Å². The fourth-order valence-corrected chi connectivity index (χ4v) is 4.95. The third-order valence-electron chi connectivity index (χ3n) is 6.37. The van der Waals surface area contributed by atoms with Crippen molar-refractivity contribution < 1.29 is 14.3 Å². The molecule has 2 aliphatic carbocycles.